The van der Waals surface area contributed by atoms with E-state index in [4.69, 9.17) is 9.47 Å². The number of likely N-dealkylation sites (tertiary alicyclic amines) is 1. The maximum Gasteiger partial charge on any atom is 0.410 e. The minimum atomic E-state index is -0.687. The summed E-state index contributed by atoms with van der Waals surface area (Å²) in [5, 5.41) is 6.46. The van der Waals surface area contributed by atoms with E-state index in [1.807, 2.05) is 45.9 Å². The summed E-state index contributed by atoms with van der Waals surface area (Å²) in [4.78, 5) is 37.8. The molecule has 1 aromatic rings. The first kappa shape index (κ1) is 25.0. The van der Waals surface area contributed by atoms with Gasteiger partial charge in [0.2, 0.25) is 0 Å². The van der Waals surface area contributed by atoms with Gasteiger partial charge < -0.3 is 29.7 Å². The smallest absolute Gasteiger partial charge is 0.410 e. The number of aryl methyl sites for hydroxylation is 1. The average Bonchev–Trinajstić information content (AvgIpc) is 2.73. The Morgan fingerprint density at radius 1 is 1.06 bits per heavy atom. The zero-order valence-electron chi connectivity index (χ0n) is 19.6. The van der Waals surface area contributed by atoms with E-state index in [2.05, 4.69) is 15.4 Å². The Labute approximate surface area is 189 Å². The van der Waals surface area contributed by atoms with Crippen LogP contribution in [0.25, 0.3) is 0 Å². The molecule has 0 atom stereocenters. The summed E-state index contributed by atoms with van der Waals surface area (Å²) in [5.74, 6) is -1.36. The zero-order chi connectivity index (χ0) is 23.9. The van der Waals surface area contributed by atoms with Crippen molar-refractivity contribution in [2.24, 2.45) is 0 Å². The number of carbonyl (C=O) groups excluding carboxylic acids is 3. The number of esters is 2. The summed E-state index contributed by atoms with van der Waals surface area (Å²) in [6, 6.07) is 5.80. The van der Waals surface area contributed by atoms with Gasteiger partial charge in [0.15, 0.2) is 0 Å². The highest BCUT2D eigenvalue weighted by molar-refractivity contribution is 5.99. The fourth-order valence-corrected chi connectivity index (χ4v) is 3.22. The molecule has 1 saturated heterocycles. The summed E-state index contributed by atoms with van der Waals surface area (Å²) in [5.41, 5.74) is 1.86. The maximum absolute atomic E-state index is 12.3. The third kappa shape index (κ3) is 7.47. The van der Waals surface area contributed by atoms with Crippen LogP contribution in [0.15, 0.2) is 30.0 Å². The first-order valence-electron chi connectivity index (χ1n) is 10.5. The Morgan fingerprint density at radius 3 is 2.28 bits per heavy atom. The number of nitrogens with zero attached hydrogens (tertiary/aromatic N) is 1. The predicted molar refractivity (Wildman–Crippen MR) is 121 cm³/mol. The van der Waals surface area contributed by atoms with E-state index in [0.29, 0.717) is 18.8 Å². The summed E-state index contributed by atoms with van der Waals surface area (Å²) < 4.78 is 14.8. The molecule has 0 saturated carbocycles. The molecule has 0 spiro atoms. The second-order valence-corrected chi connectivity index (χ2v) is 8.63. The molecule has 0 bridgehead atoms. The van der Waals surface area contributed by atoms with Crippen molar-refractivity contribution in [2.45, 2.75) is 52.2 Å². The minimum absolute atomic E-state index is 0.0361. The summed E-state index contributed by atoms with van der Waals surface area (Å²) in [6.07, 6.45) is 2.24. The molecule has 1 fully saturated rings. The minimum Gasteiger partial charge on any atom is -0.466 e. The Morgan fingerprint density at radius 2 is 1.72 bits per heavy atom. The quantitative estimate of drug-likeness (QED) is 0.388. The van der Waals surface area contributed by atoms with E-state index < -0.39 is 17.5 Å². The number of piperidine rings is 1. The van der Waals surface area contributed by atoms with Crippen molar-refractivity contribution in [3.63, 3.8) is 0 Å². The molecule has 0 aliphatic carbocycles. The molecule has 9 nitrogen and oxygen atoms in total. The number of benzene rings is 1. The monoisotopic (exact) mass is 447 g/mol. The van der Waals surface area contributed by atoms with E-state index in [1.54, 1.807) is 4.90 Å². The van der Waals surface area contributed by atoms with Crippen LogP contribution < -0.4 is 10.6 Å². The fourth-order valence-electron chi connectivity index (χ4n) is 3.22. The molecule has 1 aliphatic heterocycles. The van der Waals surface area contributed by atoms with Crippen molar-refractivity contribution in [1.82, 2.24) is 4.90 Å². The second-order valence-electron chi connectivity index (χ2n) is 8.63. The normalized spacial score (nSPS) is 15.1. The number of hydrogen-bond acceptors (Lipinski definition) is 8. The lowest BCUT2D eigenvalue weighted by Crippen LogP contribution is -2.44. The van der Waals surface area contributed by atoms with Crippen LogP contribution in [-0.4, -0.2) is 61.9 Å². The van der Waals surface area contributed by atoms with E-state index in [0.717, 1.165) is 30.2 Å². The highest BCUT2D eigenvalue weighted by atomic mass is 16.6. The number of carbonyl (C=O) groups is 3. The molecule has 9 heteroatoms. The van der Waals surface area contributed by atoms with Gasteiger partial charge in [-0.3, -0.25) is 0 Å². The van der Waals surface area contributed by atoms with Gasteiger partial charge in [0.25, 0.3) is 0 Å². The fraction of sp³-hybridized carbons (Fsp3) is 0.522. The number of rotatable bonds is 6. The molecule has 0 radical (unpaired) electrons. The van der Waals surface area contributed by atoms with E-state index in [1.165, 1.54) is 14.2 Å². The van der Waals surface area contributed by atoms with Gasteiger partial charge in [-0.15, -0.1) is 0 Å². The van der Waals surface area contributed by atoms with Crippen LogP contribution in [0.3, 0.4) is 0 Å². The second kappa shape index (κ2) is 10.9. The molecule has 1 heterocycles. The van der Waals surface area contributed by atoms with Gasteiger partial charge in [0.05, 0.1) is 31.7 Å². The van der Waals surface area contributed by atoms with Crippen LogP contribution in [0.4, 0.5) is 16.2 Å². The Hall–Kier alpha value is -3.23. The number of hydrogen-bond donors (Lipinski definition) is 2. The third-order valence-corrected chi connectivity index (χ3v) is 4.82. The van der Waals surface area contributed by atoms with Crippen LogP contribution in [0.5, 0.6) is 0 Å². The molecule has 0 aromatic heterocycles. The lowest BCUT2D eigenvalue weighted by atomic mass is 10.0. The molecule has 176 valence electrons. The van der Waals surface area contributed by atoms with Crippen molar-refractivity contribution < 1.29 is 28.6 Å². The van der Waals surface area contributed by atoms with Crippen molar-refractivity contribution in [2.75, 3.05) is 37.9 Å². The molecule has 2 rings (SSSR count). The van der Waals surface area contributed by atoms with Crippen LogP contribution >= 0.6 is 0 Å². The molecule has 2 N–H and O–H groups in total. The molecule has 32 heavy (non-hydrogen) atoms. The predicted octanol–water partition coefficient (Wildman–Crippen LogP) is 3.45. The van der Waals surface area contributed by atoms with E-state index in [9.17, 15) is 14.4 Å². The maximum atomic E-state index is 12.3. The van der Waals surface area contributed by atoms with Crippen molar-refractivity contribution >= 4 is 29.4 Å². The first-order valence-corrected chi connectivity index (χ1v) is 10.5. The van der Waals surface area contributed by atoms with Crippen molar-refractivity contribution in [3.8, 4) is 0 Å². The number of methoxy groups -OCH3 is 2. The standard InChI is InChI=1S/C23H33N3O6/c1-15-7-8-17(25-19(21(28)31-6)14-20(27)30-5)18(13-15)24-16-9-11-26(12-10-16)22(29)32-23(2,3)4/h7-8,13-14,16,24-25H,9-12H2,1-6H3/b19-14+. The average molecular weight is 448 g/mol. The van der Waals surface area contributed by atoms with Gasteiger partial charge in [-0.1, -0.05) is 6.07 Å². The van der Waals surface area contributed by atoms with Crippen molar-refractivity contribution in [3.05, 3.63) is 35.5 Å². The molecule has 1 amide bonds. The lowest BCUT2D eigenvalue weighted by molar-refractivity contribution is -0.138. The van der Waals surface area contributed by atoms with Gasteiger partial charge >= 0.3 is 18.0 Å². The number of anilines is 2. The topological polar surface area (TPSA) is 106 Å². The Balaban J connectivity index is 2.11. The van der Waals surface area contributed by atoms with E-state index >= 15 is 0 Å². The highest BCUT2D eigenvalue weighted by Crippen LogP contribution is 2.28. The summed E-state index contributed by atoms with van der Waals surface area (Å²) in [6.45, 7) is 8.67. The Kier molecular flexibility index (Phi) is 8.51. The number of amides is 1. The van der Waals surface area contributed by atoms with Crippen LogP contribution in [-0.2, 0) is 23.8 Å². The van der Waals surface area contributed by atoms with Gasteiger partial charge in [0.1, 0.15) is 11.3 Å². The number of nitrogens with one attached hydrogen (secondary N) is 2. The summed E-state index contributed by atoms with van der Waals surface area (Å²) >= 11 is 0. The molecule has 1 aliphatic rings. The van der Waals surface area contributed by atoms with Gasteiger partial charge in [-0.25, -0.2) is 14.4 Å². The SMILES string of the molecule is COC(=O)/C=C(/Nc1ccc(C)cc1NC1CCN(C(=O)OC(C)(C)C)CC1)C(=O)OC. The largest absolute Gasteiger partial charge is 0.466 e. The zero-order valence-corrected chi connectivity index (χ0v) is 19.6. The van der Waals surface area contributed by atoms with Gasteiger partial charge in [-0.2, -0.15) is 0 Å². The van der Waals surface area contributed by atoms with Gasteiger partial charge in [-0.05, 0) is 58.2 Å². The molecule has 1 aromatic carbocycles. The van der Waals surface area contributed by atoms with Crippen LogP contribution in [0.1, 0.15) is 39.2 Å². The molecular weight excluding hydrogens is 414 g/mol. The van der Waals surface area contributed by atoms with E-state index in [-0.39, 0.29) is 17.8 Å². The Bertz CT molecular complexity index is 867. The first-order chi connectivity index (χ1) is 15.0. The third-order valence-electron chi connectivity index (χ3n) is 4.82. The van der Waals surface area contributed by atoms with Crippen LogP contribution in [0.2, 0.25) is 0 Å². The number of ether oxygens (including phenoxy) is 3. The molecular formula is C23H33N3O6. The van der Waals surface area contributed by atoms with Gasteiger partial charge in [0, 0.05) is 19.1 Å². The molecule has 0 unspecified atom stereocenters. The van der Waals surface area contributed by atoms with Crippen molar-refractivity contribution in [1.29, 1.82) is 0 Å². The summed E-state index contributed by atoms with van der Waals surface area (Å²) in [7, 11) is 2.47. The lowest BCUT2D eigenvalue weighted by Gasteiger charge is -2.34. The van der Waals surface area contributed by atoms with Crippen LogP contribution in [0, 0.1) is 6.92 Å². The highest BCUT2D eigenvalue weighted by Gasteiger charge is 2.27.